The van der Waals surface area contributed by atoms with Gasteiger partial charge in [0.25, 0.3) is 0 Å². The lowest BCUT2D eigenvalue weighted by atomic mass is 10.1. The fourth-order valence-corrected chi connectivity index (χ4v) is 2.08. The van der Waals surface area contributed by atoms with Crippen LogP contribution in [0.2, 0.25) is 0 Å². The molecule has 1 atom stereocenters. The van der Waals surface area contributed by atoms with E-state index >= 15 is 0 Å². The summed E-state index contributed by atoms with van der Waals surface area (Å²) in [5.41, 5.74) is 8.40. The highest BCUT2D eigenvalue weighted by Gasteiger charge is 2.31. The minimum atomic E-state index is -0.573. The van der Waals surface area contributed by atoms with Crippen LogP contribution in [0.5, 0.6) is 0 Å². The second-order valence-corrected chi connectivity index (χ2v) is 4.73. The molecule has 3 N–H and O–H groups in total. The molecule has 0 bridgehead atoms. The predicted molar refractivity (Wildman–Crippen MR) is 63.0 cm³/mol. The molecule has 0 spiro atoms. The Morgan fingerprint density at radius 3 is 2.80 bits per heavy atom. The lowest BCUT2D eigenvalue weighted by Gasteiger charge is -2.22. The molecule has 1 aliphatic heterocycles. The maximum absolute atomic E-state index is 9.90. The Hall–Kier alpha value is -1.22. The van der Waals surface area contributed by atoms with Crippen molar-refractivity contribution in [2.24, 2.45) is 0 Å². The van der Waals surface area contributed by atoms with Gasteiger partial charge in [-0.2, -0.15) is 0 Å². The largest absolute Gasteiger partial charge is 0.397 e. The summed E-state index contributed by atoms with van der Waals surface area (Å²) < 4.78 is 0. The van der Waals surface area contributed by atoms with Crippen LogP contribution in [0, 0.1) is 6.92 Å². The molecule has 1 saturated heterocycles. The average Bonchev–Trinajstić information content (AvgIpc) is 2.50. The van der Waals surface area contributed by atoms with Crippen molar-refractivity contribution in [1.82, 2.24) is 0 Å². The van der Waals surface area contributed by atoms with E-state index in [1.165, 1.54) is 5.56 Å². The fraction of sp³-hybridized carbons (Fsp3) is 0.500. The van der Waals surface area contributed by atoms with Gasteiger partial charge in [-0.1, -0.05) is 6.07 Å². The van der Waals surface area contributed by atoms with Crippen molar-refractivity contribution in [3.8, 4) is 0 Å². The molecule has 1 aliphatic rings. The first-order valence-corrected chi connectivity index (χ1v) is 5.31. The lowest BCUT2D eigenvalue weighted by Crippen LogP contribution is -2.29. The van der Waals surface area contributed by atoms with Crippen LogP contribution in [0.4, 0.5) is 11.4 Å². The highest BCUT2D eigenvalue weighted by Crippen LogP contribution is 2.31. The fourth-order valence-electron chi connectivity index (χ4n) is 2.08. The van der Waals surface area contributed by atoms with E-state index in [0.29, 0.717) is 6.54 Å². The summed E-state index contributed by atoms with van der Waals surface area (Å²) in [6.45, 7) is 5.47. The number of anilines is 2. The van der Waals surface area contributed by atoms with Crippen molar-refractivity contribution in [1.29, 1.82) is 0 Å². The van der Waals surface area contributed by atoms with E-state index in [9.17, 15) is 5.11 Å². The third kappa shape index (κ3) is 2.07. The molecule has 3 heteroatoms. The van der Waals surface area contributed by atoms with Crippen molar-refractivity contribution in [3.05, 3.63) is 23.8 Å². The van der Waals surface area contributed by atoms with Crippen molar-refractivity contribution < 1.29 is 5.11 Å². The molecular weight excluding hydrogens is 188 g/mol. The van der Waals surface area contributed by atoms with Gasteiger partial charge in [0.2, 0.25) is 0 Å². The molecule has 0 aromatic heterocycles. The third-order valence-electron chi connectivity index (χ3n) is 2.98. The van der Waals surface area contributed by atoms with Crippen LogP contribution in [0.3, 0.4) is 0 Å². The number of β-amino-alcohol motifs (C(OH)–C–C–N with tert-alkyl or cyclic N) is 1. The maximum atomic E-state index is 9.90. The van der Waals surface area contributed by atoms with Gasteiger partial charge < -0.3 is 15.7 Å². The van der Waals surface area contributed by atoms with Crippen LogP contribution in [0.1, 0.15) is 18.9 Å². The summed E-state index contributed by atoms with van der Waals surface area (Å²) in [7, 11) is 0. The number of aliphatic hydroxyl groups is 1. The molecule has 0 amide bonds. The Morgan fingerprint density at radius 2 is 2.20 bits per heavy atom. The van der Waals surface area contributed by atoms with E-state index in [4.69, 9.17) is 5.73 Å². The van der Waals surface area contributed by atoms with E-state index in [2.05, 4.69) is 17.9 Å². The number of hydrogen-bond donors (Lipinski definition) is 2. The van der Waals surface area contributed by atoms with Crippen molar-refractivity contribution in [2.75, 3.05) is 23.7 Å². The number of rotatable bonds is 1. The van der Waals surface area contributed by atoms with E-state index in [1.54, 1.807) is 0 Å². The van der Waals surface area contributed by atoms with Gasteiger partial charge in [0, 0.05) is 13.1 Å². The molecule has 1 unspecified atom stereocenters. The monoisotopic (exact) mass is 206 g/mol. The highest BCUT2D eigenvalue weighted by atomic mass is 16.3. The van der Waals surface area contributed by atoms with Crippen molar-refractivity contribution in [2.45, 2.75) is 25.9 Å². The van der Waals surface area contributed by atoms with Gasteiger partial charge in [0.1, 0.15) is 0 Å². The lowest BCUT2D eigenvalue weighted by molar-refractivity contribution is 0.0839. The molecule has 1 aromatic carbocycles. The molecule has 3 nitrogen and oxygen atoms in total. The zero-order valence-corrected chi connectivity index (χ0v) is 9.33. The minimum Gasteiger partial charge on any atom is -0.397 e. The van der Waals surface area contributed by atoms with Gasteiger partial charge >= 0.3 is 0 Å². The molecule has 82 valence electrons. The average molecular weight is 206 g/mol. The summed E-state index contributed by atoms with van der Waals surface area (Å²) >= 11 is 0. The van der Waals surface area contributed by atoms with E-state index < -0.39 is 5.60 Å². The van der Waals surface area contributed by atoms with Crippen LogP contribution < -0.4 is 10.6 Å². The summed E-state index contributed by atoms with van der Waals surface area (Å²) in [6.07, 6.45) is 0.806. The normalized spacial score (nSPS) is 25.9. The van der Waals surface area contributed by atoms with E-state index in [1.807, 2.05) is 19.1 Å². The third-order valence-corrected chi connectivity index (χ3v) is 2.98. The van der Waals surface area contributed by atoms with Gasteiger partial charge in [-0.05, 0) is 38.0 Å². The predicted octanol–water partition coefficient (Wildman–Crippen LogP) is 1.54. The Morgan fingerprint density at radius 1 is 1.47 bits per heavy atom. The molecule has 0 saturated carbocycles. The Bertz CT molecular complexity index is 374. The van der Waals surface area contributed by atoms with Crippen LogP contribution in [0.25, 0.3) is 0 Å². The van der Waals surface area contributed by atoms with Gasteiger partial charge in [-0.3, -0.25) is 0 Å². The molecule has 1 heterocycles. The summed E-state index contributed by atoms with van der Waals surface area (Å²) in [6, 6.07) is 6.02. The molecule has 2 rings (SSSR count). The number of aryl methyl sites for hydroxylation is 1. The summed E-state index contributed by atoms with van der Waals surface area (Å²) in [4.78, 5) is 2.16. The highest BCUT2D eigenvalue weighted by molar-refractivity contribution is 5.69. The van der Waals surface area contributed by atoms with Crippen LogP contribution in [-0.2, 0) is 0 Å². The Labute approximate surface area is 90.5 Å². The van der Waals surface area contributed by atoms with Gasteiger partial charge in [0.15, 0.2) is 0 Å². The van der Waals surface area contributed by atoms with Gasteiger partial charge in [-0.25, -0.2) is 0 Å². The van der Waals surface area contributed by atoms with E-state index in [0.717, 1.165) is 24.3 Å². The number of hydrogen-bond acceptors (Lipinski definition) is 3. The first-order chi connectivity index (χ1) is 6.98. The SMILES string of the molecule is Cc1ccc(N)c(N2CCC(C)(O)C2)c1. The quantitative estimate of drug-likeness (QED) is 0.685. The number of nitrogens with two attached hydrogens (primary N) is 1. The molecule has 1 aromatic rings. The zero-order valence-electron chi connectivity index (χ0n) is 9.33. The molecular formula is C12H18N2O. The zero-order chi connectivity index (χ0) is 11.1. The minimum absolute atomic E-state index is 0.573. The molecule has 1 fully saturated rings. The molecule has 0 radical (unpaired) electrons. The summed E-state index contributed by atoms with van der Waals surface area (Å²) in [5.74, 6) is 0. The number of nitrogens with zero attached hydrogens (tertiary/aromatic N) is 1. The second kappa shape index (κ2) is 3.42. The van der Waals surface area contributed by atoms with Crippen molar-refractivity contribution >= 4 is 11.4 Å². The smallest absolute Gasteiger partial charge is 0.0810 e. The summed E-state index contributed by atoms with van der Waals surface area (Å²) in [5, 5.41) is 9.90. The molecule has 15 heavy (non-hydrogen) atoms. The van der Waals surface area contributed by atoms with Gasteiger partial charge in [0.05, 0.1) is 17.0 Å². The molecule has 0 aliphatic carbocycles. The first kappa shape index (κ1) is 10.3. The number of nitrogen functional groups attached to an aromatic ring is 1. The maximum Gasteiger partial charge on any atom is 0.0810 e. The topological polar surface area (TPSA) is 49.5 Å². The second-order valence-electron chi connectivity index (χ2n) is 4.73. The van der Waals surface area contributed by atoms with Crippen LogP contribution in [-0.4, -0.2) is 23.8 Å². The van der Waals surface area contributed by atoms with Crippen molar-refractivity contribution in [3.63, 3.8) is 0 Å². The number of benzene rings is 1. The first-order valence-electron chi connectivity index (χ1n) is 5.31. The Balaban J connectivity index is 2.27. The van der Waals surface area contributed by atoms with Gasteiger partial charge in [-0.15, -0.1) is 0 Å². The van der Waals surface area contributed by atoms with Crippen LogP contribution in [0.15, 0.2) is 18.2 Å². The Kier molecular flexibility index (Phi) is 2.35. The van der Waals surface area contributed by atoms with E-state index in [-0.39, 0.29) is 0 Å². The standard InChI is InChI=1S/C12H18N2O/c1-9-3-4-10(13)11(7-9)14-6-5-12(2,15)8-14/h3-4,7,15H,5-6,8,13H2,1-2H3. The van der Waals surface area contributed by atoms with Crippen LogP contribution >= 0.6 is 0 Å².